The van der Waals surface area contributed by atoms with Crippen LogP contribution in [0.5, 0.6) is 0 Å². The van der Waals surface area contributed by atoms with Gasteiger partial charge in [0.25, 0.3) is 5.91 Å². The minimum atomic E-state index is -4.17. The summed E-state index contributed by atoms with van der Waals surface area (Å²) in [5, 5.41) is 3.97. The van der Waals surface area contributed by atoms with E-state index in [1.165, 1.54) is 35.1 Å². The molecule has 3 N–H and O–H groups in total. The lowest BCUT2D eigenvalue weighted by atomic mass is 10.2. The van der Waals surface area contributed by atoms with Gasteiger partial charge in [0.1, 0.15) is 11.6 Å². The molecule has 122 valence electrons. The van der Waals surface area contributed by atoms with Gasteiger partial charge in [-0.1, -0.05) is 0 Å². The number of benzene rings is 1. The standard InChI is InChI=1S/C13H13FN4O4S/c1-8-11(13(20)17-23(21,22)7-12(15)19)6-16-18(8)10-4-2-9(14)3-5-10/h2-6H,7H2,1H3,(H2,15,19)(H,17,20). The van der Waals surface area contributed by atoms with Crippen LogP contribution in [0.1, 0.15) is 16.1 Å². The second-order valence-electron chi connectivity index (χ2n) is 4.69. The number of hydrogen-bond acceptors (Lipinski definition) is 5. The first-order valence-electron chi connectivity index (χ1n) is 6.33. The van der Waals surface area contributed by atoms with Crippen molar-refractivity contribution in [1.29, 1.82) is 0 Å². The lowest BCUT2D eigenvalue weighted by molar-refractivity contribution is -0.115. The fourth-order valence-corrected chi connectivity index (χ4v) is 2.73. The molecule has 1 aromatic carbocycles. The summed E-state index contributed by atoms with van der Waals surface area (Å²) in [6.07, 6.45) is 1.17. The summed E-state index contributed by atoms with van der Waals surface area (Å²) in [5.74, 6) is -3.43. The Morgan fingerprint density at radius 1 is 1.30 bits per heavy atom. The number of nitrogens with one attached hydrogen (secondary N) is 1. The van der Waals surface area contributed by atoms with Crippen LogP contribution in [0.2, 0.25) is 0 Å². The van der Waals surface area contributed by atoms with Gasteiger partial charge >= 0.3 is 0 Å². The number of carbonyl (C=O) groups excluding carboxylic acids is 2. The van der Waals surface area contributed by atoms with Crippen LogP contribution in [-0.2, 0) is 14.8 Å². The van der Waals surface area contributed by atoms with E-state index in [-0.39, 0.29) is 5.56 Å². The number of halogens is 1. The summed E-state index contributed by atoms with van der Waals surface area (Å²) in [4.78, 5) is 22.7. The van der Waals surface area contributed by atoms with Crippen LogP contribution in [0.25, 0.3) is 5.69 Å². The van der Waals surface area contributed by atoms with Gasteiger partial charge in [-0.25, -0.2) is 22.2 Å². The summed E-state index contributed by atoms with van der Waals surface area (Å²) in [6.45, 7) is 1.55. The molecule has 0 aliphatic heterocycles. The second kappa shape index (κ2) is 6.16. The third kappa shape index (κ3) is 3.92. The van der Waals surface area contributed by atoms with Gasteiger partial charge in [0.2, 0.25) is 15.9 Å². The number of sulfonamides is 1. The van der Waals surface area contributed by atoms with E-state index in [0.717, 1.165) is 0 Å². The van der Waals surface area contributed by atoms with Crippen LogP contribution in [0.3, 0.4) is 0 Å². The first kappa shape index (κ1) is 16.6. The molecular formula is C13H13FN4O4S. The number of nitrogens with zero attached hydrogens (tertiary/aromatic N) is 2. The van der Waals surface area contributed by atoms with Crippen molar-refractivity contribution in [2.45, 2.75) is 6.92 Å². The van der Waals surface area contributed by atoms with Gasteiger partial charge in [-0.3, -0.25) is 9.59 Å². The summed E-state index contributed by atoms with van der Waals surface area (Å²) < 4.78 is 39.1. The highest BCUT2D eigenvalue weighted by atomic mass is 32.2. The molecule has 10 heteroatoms. The van der Waals surface area contributed by atoms with Crippen molar-refractivity contribution >= 4 is 21.8 Å². The molecule has 0 fully saturated rings. The van der Waals surface area contributed by atoms with Crippen molar-refractivity contribution in [3.63, 3.8) is 0 Å². The quantitative estimate of drug-likeness (QED) is 0.784. The van der Waals surface area contributed by atoms with Crippen molar-refractivity contribution in [3.05, 3.63) is 47.5 Å². The maximum Gasteiger partial charge on any atom is 0.268 e. The van der Waals surface area contributed by atoms with Crippen LogP contribution in [0.4, 0.5) is 4.39 Å². The van der Waals surface area contributed by atoms with Crippen LogP contribution < -0.4 is 10.5 Å². The number of primary amides is 1. The van der Waals surface area contributed by atoms with Crippen LogP contribution in [-0.4, -0.2) is 35.8 Å². The highest BCUT2D eigenvalue weighted by molar-refractivity contribution is 7.90. The van der Waals surface area contributed by atoms with Crippen LogP contribution >= 0.6 is 0 Å². The Morgan fingerprint density at radius 2 is 1.91 bits per heavy atom. The maximum absolute atomic E-state index is 12.9. The summed E-state index contributed by atoms with van der Waals surface area (Å²) in [6, 6.07) is 5.38. The molecule has 1 aromatic heterocycles. The lowest BCUT2D eigenvalue weighted by Gasteiger charge is -2.06. The molecule has 2 aromatic rings. The minimum absolute atomic E-state index is 0.00219. The van der Waals surface area contributed by atoms with Gasteiger partial charge in [-0.15, -0.1) is 0 Å². The monoisotopic (exact) mass is 340 g/mol. The highest BCUT2D eigenvalue weighted by Gasteiger charge is 2.22. The van der Waals surface area contributed by atoms with Gasteiger partial charge < -0.3 is 5.73 Å². The molecule has 0 unspecified atom stereocenters. The predicted molar refractivity (Wildman–Crippen MR) is 78.7 cm³/mol. The number of hydrogen-bond donors (Lipinski definition) is 2. The molecule has 8 nitrogen and oxygen atoms in total. The molecule has 2 amide bonds. The van der Waals surface area contributed by atoms with Gasteiger partial charge in [-0.2, -0.15) is 5.10 Å². The van der Waals surface area contributed by atoms with E-state index < -0.39 is 33.4 Å². The minimum Gasteiger partial charge on any atom is -0.369 e. The normalized spacial score (nSPS) is 11.2. The fourth-order valence-electron chi connectivity index (χ4n) is 1.89. The zero-order valence-electron chi connectivity index (χ0n) is 12.0. The Morgan fingerprint density at radius 3 is 2.48 bits per heavy atom. The highest BCUT2D eigenvalue weighted by Crippen LogP contribution is 2.15. The zero-order valence-corrected chi connectivity index (χ0v) is 12.8. The SMILES string of the molecule is Cc1c(C(=O)NS(=O)(=O)CC(N)=O)cnn1-c1ccc(F)cc1. The molecule has 0 aliphatic carbocycles. The molecule has 0 bridgehead atoms. The Labute approximate surface area is 131 Å². The van der Waals surface area contributed by atoms with Crippen molar-refractivity contribution in [1.82, 2.24) is 14.5 Å². The average molecular weight is 340 g/mol. The van der Waals surface area contributed by atoms with Crippen molar-refractivity contribution < 1.29 is 22.4 Å². The van der Waals surface area contributed by atoms with Gasteiger partial charge in [0.05, 0.1) is 23.1 Å². The zero-order chi connectivity index (χ0) is 17.2. The number of carbonyl (C=O) groups is 2. The lowest BCUT2D eigenvalue weighted by Crippen LogP contribution is -2.37. The van der Waals surface area contributed by atoms with E-state index in [9.17, 15) is 22.4 Å². The Kier molecular flexibility index (Phi) is 4.45. The third-order valence-electron chi connectivity index (χ3n) is 2.91. The van der Waals surface area contributed by atoms with Crippen LogP contribution in [0, 0.1) is 12.7 Å². The molecule has 0 spiro atoms. The topological polar surface area (TPSA) is 124 Å². The van der Waals surface area contributed by atoms with Crippen molar-refractivity contribution in [2.75, 3.05) is 5.75 Å². The fraction of sp³-hybridized carbons (Fsp3) is 0.154. The first-order valence-corrected chi connectivity index (χ1v) is 7.98. The molecule has 1 heterocycles. The van der Waals surface area contributed by atoms with E-state index in [1.807, 2.05) is 0 Å². The van der Waals surface area contributed by atoms with Crippen LogP contribution in [0.15, 0.2) is 30.5 Å². The smallest absolute Gasteiger partial charge is 0.268 e. The van der Waals surface area contributed by atoms with Gasteiger partial charge in [0.15, 0.2) is 0 Å². The number of aromatic nitrogens is 2. The van der Waals surface area contributed by atoms with E-state index in [2.05, 4.69) is 5.10 Å². The summed E-state index contributed by atoms with van der Waals surface area (Å²) >= 11 is 0. The second-order valence-corrected chi connectivity index (χ2v) is 6.41. The Hall–Kier alpha value is -2.75. The van der Waals surface area contributed by atoms with Crippen molar-refractivity contribution in [2.24, 2.45) is 5.73 Å². The molecular weight excluding hydrogens is 327 g/mol. The summed E-state index contributed by atoms with van der Waals surface area (Å²) in [5.41, 5.74) is 5.65. The number of nitrogens with two attached hydrogens (primary N) is 1. The third-order valence-corrected chi connectivity index (χ3v) is 4.07. The molecule has 0 radical (unpaired) electrons. The number of rotatable bonds is 5. The number of amides is 2. The van der Waals surface area contributed by atoms with E-state index >= 15 is 0 Å². The predicted octanol–water partition coefficient (Wildman–Crippen LogP) is -0.135. The maximum atomic E-state index is 12.9. The molecule has 0 saturated carbocycles. The molecule has 0 saturated heterocycles. The van der Waals surface area contributed by atoms with E-state index in [0.29, 0.717) is 11.4 Å². The Balaban J connectivity index is 2.27. The van der Waals surface area contributed by atoms with E-state index in [1.54, 1.807) is 11.6 Å². The summed E-state index contributed by atoms with van der Waals surface area (Å²) in [7, 11) is -4.17. The molecule has 23 heavy (non-hydrogen) atoms. The van der Waals surface area contributed by atoms with Gasteiger partial charge in [0, 0.05) is 0 Å². The van der Waals surface area contributed by atoms with Gasteiger partial charge in [-0.05, 0) is 31.2 Å². The molecule has 0 atom stereocenters. The average Bonchev–Trinajstić information content (AvgIpc) is 2.79. The van der Waals surface area contributed by atoms with Crippen molar-refractivity contribution in [3.8, 4) is 5.69 Å². The molecule has 2 rings (SSSR count). The first-order chi connectivity index (χ1) is 10.7. The van der Waals surface area contributed by atoms with E-state index in [4.69, 9.17) is 5.73 Å². The molecule has 0 aliphatic rings. The Bertz CT molecular complexity index is 859. The largest absolute Gasteiger partial charge is 0.369 e.